The van der Waals surface area contributed by atoms with Crippen molar-refractivity contribution in [2.45, 2.75) is 44.0 Å². The van der Waals surface area contributed by atoms with Crippen LogP contribution in [0, 0.1) is 6.92 Å². The lowest BCUT2D eigenvalue weighted by molar-refractivity contribution is -0.121. The maximum Gasteiger partial charge on any atom is 0.265 e. The van der Waals surface area contributed by atoms with E-state index in [4.69, 9.17) is 0 Å². The second-order valence-electron chi connectivity index (χ2n) is 7.75. The lowest BCUT2D eigenvalue weighted by Gasteiger charge is -2.20. The van der Waals surface area contributed by atoms with Crippen LogP contribution in [-0.2, 0) is 14.8 Å². The van der Waals surface area contributed by atoms with Crippen molar-refractivity contribution in [2.75, 3.05) is 10.8 Å². The Balaban J connectivity index is 1.41. The van der Waals surface area contributed by atoms with E-state index in [1.54, 1.807) is 12.1 Å². The predicted octanol–water partition coefficient (Wildman–Crippen LogP) is 4.70. The molecule has 1 heterocycles. The zero-order valence-electron chi connectivity index (χ0n) is 17.3. The summed E-state index contributed by atoms with van der Waals surface area (Å²) in [5.41, 5.74) is 2.97. The van der Waals surface area contributed by atoms with E-state index in [0.29, 0.717) is 17.0 Å². The third kappa shape index (κ3) is 3.67. The van der Waals surface area contributed by atoms with Crippen LogP contribution in [0.5, 0.6) is 0 Å². The first-order valence-electron chi connectivity index (χ1n) is 10.3. The predicted molar refractivity (Wildman–Crippen MR) is 120 cm³/mol. The van der Waals surface area contributed by atoms with Crippen LogP contribution in [-0.4, -0.2) is 20.9 Å². The first-order chi connectivity index (χ1) is 14.4. The summed E-state index contributed by atoms with van der Waals surface area (Å²) in [4.78, 5) is 12.9. The number of benzene rings is 3. The minimum absolute atomic E-state index is 0.0355. The van der Waals surface area contributed by atoms with Gasteiger partial charge in [-0.15, -0.1) is 0 Å². The lowest BCUT2D eigenvalue weighted by Crippen LogP contribution is -2.31. The number of anilines is 1. The standard InChI is InChI=1S/C24H26N2O3S/c1-3-20(18-14-12-17(2)13-15-18)25-23(27)11-6-16-26-21-9-4-7-19-8-5-10-22(24(19)21)30(26,28)29/h4-5,7-10,12-15,20H,3,6,11,16H2,1-2H3,(H,25,27)/t20-/m1/s1. The Hall–Kier alpha value is -2.86. The minimum atomic E-state index is -3.57. The number of sulfonamides is 1. The first-order valence-corrected chi connectivity index (χ1v) is 11.8. The van der Waals surface area contributed by atoms with Gasteiger partial charge in [-0.25, -0.2) is 8.42 Å². The third-order valence-corrected chi connectivity index (χ3v) is 7.53. The van der Waals surface area contributed by atoms with Gasteiger partial charge in [-0.3, -0.25) is 9.10 Å². The van der Waals surface area contributed by atoms with Crippen molar-refractivity contribution in [3.05, 3.63) is 71.8 Å². The van der Waals surface area contributed by atoms with Crippen molar-refractivity contribution < 1.29 is 13.2 Å². The number of carbonyl (C=O) groups excluding carboxylic acids is 1. The lowest BCUT2D eigenvalue weighted by atomic mass is 10.0. The summed E-state index contributed by atoms with van der Waals surface area (Å²) in [5, 5.41) is 4.77. The van der Waals surface area contributed by atoms with Crippen LogP contribution in [0.25, 0.3) is 10.8 Å². The molecule has 0 radical (unpaired) electrons. The van der Waals surface area contributed by atoms with Gasteiger partial charge in [0.2, 0.25) is 5.91 Å². The Morgan fingerprint density at radius 3 is 2.43 bits per heavy atom. The average molecular weight is 423 g/mol. The van der Waals surface area contributed by atoms with E-state index in [-0.39, 0.29) is 24.9 Å². The van der Waals surface area contributed by atoms with Gasteiger partial charge in [0.25, 0.3) is 10.0 Å². The highest BCUT2D eigenvalue weighted by Crippen LogP contribution is 2.41. The zero-order chi connectivity index (χ0) is 21.3. The number of nitrogens with one attached hydrogen (secondary N) is 1. The van der Waals surface area contributed by atoms with Crippen molar-refractivity contribution in [2.24, 2.45) is 0 Å². The summed E-state index contributed by atoms with van der Waals surface area (Å²) in [6, 6.07) is 19.1. The molecule has 1 aliphatic rings. The Morgan fingerprint density at radius 1 is 1.03 bits per heavy atom. The summed E-state index contributed by atoms with van der Waals surface area (Å²) < 4.78 is 27.4. The second-order valence-corrected chi connectivity index (χ2v) is 9.58. The van der Waals surface area contributed by atoms with Gasteiger partial charge >= 0.3 is 0 Å². The molecule has 4 rings (SSSR count). The molecule has 0 bridgehead atoms. The third-order valence-electron chi connectivity index (χ3n) is 5.67. The van der Waals surface area contributed by atoms with Gasteiger partial charge in [0.15, 0.2) is 0 Å². The molecular formula is C24H26N2O3S. The normalized spacial score (nSPS) is 15.3. The Kier molecular flexibility index (Phi) is 5.52. The molecule has 1 aliphatic heterocycles. The molecule has 30 heavy (non-hydrogen) atoms. The number of hydrogen-bond donors (Lipinski definition) is 1. The van der Waals surface area contributed by atoms with Crippen LogP contribution < -0.4 is 9.62 Å². The fourth-order valence-electron chi connectivity index (χ4n) is 4.07. The number of amides is 1. The summed E-state index contributed by atoms with van der Waals surface area (Å²) in [7, 11) is -3.57. The van der Waals surface area contributed by atoms with E-state index in [1.165, 1.54) is 9.87 Å². The Bertz CT molecular complexity index is 1180. The van der Waals surface area contributed by atoms with Crippen LogP contribution in [0.3, 0.4) is 0 Å². The summed E-state index contributed by atoms with van der Waals surface area (Å²) in [6.07, 6.45) is 1.53. The van der Waals surface area contributed by atoms with Crippen LogP contribution in [0.15, 0.2) is 65.6 Å². The molecule has 0 saturated carbocycles. The molecule has 5 nitrogen and oxygen atoms in total. The largest absolute Gasteiger partial charge is 0.349 e. The minimum Gasteiger partial charge on any atom is -0.349 e. The molecule has 1 N–H and O–H groups in total. The highest BCUT2D eigenvalue weighted by molar-refractivity contribution is 7.93. The molecule has 3 aromatic carbocycles. The number of aryl methyl sites for hydroxylation is 1. The molecule has 0 saturated heterocycles. The number of carbonyl (C=O) groups is 1. The Labute approximate surface area is 177 Å². The van der Waals surface area contributed by atoms with Crippen LogP contribution in [0.1, 0.15) is 43.4 Å². The van der Waals surface area contributed by atoms with E-state index >= 15 is 0 Å². The maximum atomic E-state index is 13.0. The summed E-state index contributed by atoms with van der Waals surface area (Å²) in [6.45, 7) is 4.36. The van der Waals surface area contributed by atoms with Gasteiger partial charge in [0, 0.05) is 18.4 Å². The van der Waals surface area contributed by atoms with E-state index in [1.807, 2.05) is 62.4 Å². The number of nitrogens with zero attached hydrogens (tertiary/aromatic N) is 1. The smallest absolute Gasteiger partial charge is 0.265 e. The van der Waals surface area contributed by atoms with Crippen molar-refractivity contribution >= 4 is 32.4 Å². The number of rotatable bonds is 7. The fraction of sp³-hybridized carbons (Fsp3) is 0.292. The zero-order valence-corrected chi connectivity index (χ0v) is 18.1. The van der Waals surface area contributed by atoms with E-state index in [0.717, 1.165) is 22.8 Å². The van der Waals surface area contributed by atoms with Gasteiger partial charge < -0.3 is 5.32 Å². The molecule has 1 amide bonds. The van der Waals surface area contributed by atoms with E-state index in [2.05, 4.69) is 5.32 Å². The highest BCUT2D eigenvalue weighted by atomic mass is 32.2. The van der Waals surface area contributed by atoms with Crippen molar-refractivity contribution in [1.82, 2.24) is 5.32 Å². The quantitative estimate of drug-likeness (QED) is 0.600. The molecule has 0 aliphatic carbocycles. The van der Waals surface area contributed by atoms with E-state index < -0.39 is 10.0 Å². The van der Waals surface area contributed by atoms with Gasteiger partial charge in [0.05, 0.1) is 16.6 Å². The topological polar surface area (TPSA) is 66.5 Å². The monoisotopic (exact) mass is 422 g/mol. The van der Waals surface area contributed by atoms with Gasteiger partial charge in [-0.2, -0.15) is 0 Å². The van der Waals surface area contributed by atoms with E-state index in [9.17, 15) is 13.2 Å². The molecule has 1 atom stereocenters. The van der Waals surface area contributed by atoms with Crippen molar-refractivity contribution in [3.63, 3.8) is 0 Å². The molecular weight excluding hydrogens is 396 g/mol. The van der Waals surface area contributed by atoms with Crippen molar-refractivity contribution in [3.8, 4) is 0 Å². The average Bonchev–Trinajstić information content (AvgIpc) is 2.96. The molecule has 0 aromatic heterocycles. The Morgan fingerprint density at radius 2 is 1.73 bits per heavy atom. The first kappa shape index (κ1) is 20.4. The summed E-state index contributed by atoms with van der Waals surface area (Å²) in [5.74, 6) is -0.0604. The molecule has 6 heteroatoms. The van der Waals surface area contributed by atoms with Crippen molar-refractivity contribution in [1.29, 1.82) is 0 Å². The SMILES string of the molecule is CC[C@@H](NC(=O)CCCN1c2cccc3cccc(c23)S1(=O)=O)c1ccc(C)cc1. The molecule has 156 valence electrons. The van der Waals surface area contributed by atoms with Crippen LogP contribution in [0.4, 0.5) is 5.69 Å². The molecule has 0 unspecified atom stereocenters. The molecule has 0 spiro atoms. The highest BCUT2D eigenvalue weighted by Gasteiger charge is 2.35. The van der Waals surface area contributed by atoms with Gasteiger partial charge in [0.1, 0.15) is 0 Å². The van der Waals surface area contributed by atoms with Gasteiger partial charge in [-0.1, -0.05) is 61.0 Å². The molecule has 0 fully saturated rings. The summed E-state index contributed by atoms with van der Waals surface area (Å²) >= 11 is 0. The fourth-order valence-corrected chi connectivity index (χ4v) is 5.82. The van der Waals surface area contributed by atoms with Crippen LogP contribution >= 0.6 is 0 Å². The second kappa shape index (κ2) is 8.11. The maximum absolute atomic E-state index is 13.0. The number of hydrogen-bond acceptors (Lipinski definition) is 3. The van der Waals surface area contributed by atoms with Crippen LogP contribution in [0.2, 0.25) is 0 Å². The molecule has 3 aromatic rings. The van der Waals surface area contributed by atoms with Gasteiger partial charge in [-0.05, 0) is 42.8 Å².